The maximum atomic E-state index is 13.0. The third-order valence-corrected chi connectivity index (χ3v) is 5.15. The summed E-state index contributed by atoms with van der Waals surface area (Å²) in [5.41, 5.74) is -0.384. The molecule has 0 unspecified atom stereocenters. The van der Waals surface area contributed by atoms with E-state index in [1.165, 1.54) is 19.2 Å². The molecule has 10 nitrogen and oxygen atoms in total. The monoisotopic (exact) mass is 484 g/mol. The molecule has 12 heteroatoms. The number of nitrogens with zero attached hydrogens (tertiary/aromatic N) is 5. The van der Waals surface area contributed by atoms with Crippen LogP contribution in [0.15, 0.2) is 62.6 Å². The molecule has 0 spiro atoms. The van der Waals surface area contributed by atoms with Gasteiger partial charge in [-0.05, 0) is 42.0 Å². The quantitative estimate of drug-likeness (QED) is 0.425. The van der Waals surface area contributed by atoms with Gasteiger partial charge in [0.15, 0.2) is 5.69 Å². The normalized spacial score (nSPS) is 10.9. The Morgan fingerprint density at radius 1 is 1.12 bits per heavy atom. The number of nitrogens with one attached hydrogen (secondary N) is 1. The smallest absolute Gasteiger partial charge is 0.351 e. The number of aromatic nitrogens is 5. The van der Waals surface area contributed by atoms with Crippen LogP contribution < -0.4 is 16.6 Å². The van der Waals surface area contributed by atoms with Crippen LogP contribution in [0.2, 0.25) is 5.02 Å². The molecule has 174 valence electrons. The van der Waals surface area contributed by atoms with Crippen molar-refractivity contribution in [3.05, 3.63) is 91.7 Å². The first-order chi connectivity index (χ1) is 16.3. The summed E-state index contributed by atoms with van der Waals surface area (Å²) >= 11 is 5.90. The number of amides is 1. The van der Waals surface area contributed by atoms with Crippen LogP contribution in [-0.2, 0) is 24.8 Å². The van der Waals surface area contributed by atoms with Crippen LogP contribution in [0, 0.1) is 5.82 Å². The Kier molecular flexibility index (Phi) is 6.64. The van der Waals surface area contributed by atoms with Gasteiger partial charge >= 0.3 is 5.69 Å². The molecule has 0 radical (unpaired) electrons. The molecule has 0 aliphatic heterocycles. The van der Waals surface area contributed by atoms with Crippen molar-refractivity contribution in [1.82, 2.24) is 29.8 Å². The number of hydrogen-bond acceptors (Lipinski definition) is 7. The minimum atomic E-state index is -0.695. The number of halogens is 2. The van der Waals surface area contributed by atoms with Crippen LogP contribution in [0.4, 0.5) is 4.39 Å². The van der Waals surface area contributed by atoms with E-state index in [0.717, 1.165) is 14.8 Å². The second-order valence-corrected chi connectivity index (χ2v) is 7.73. The van der Waals surface area contributed by atoms with Gasteiger partial charge in [0, 0.05) is 31.5 Å². The summed E-state index contributed by atoms with van der Waals surface area (Å²) in [4.78, 5) is 41.4. The minimum Gasteiger partial charge on any atom is -0.352 e. The first kappa shape index (κ1) is 23.1. The molecule has 0 aliphatic carbocycles. The van der Waals surface area contributed by atoms with Crippen LogP contribution >= 0.6 is 11.6 Å². The molecule has 4 aromatic rings. The van der Waals surface area contributed by atoms with Gasteiger partial charge in [-0.25, -0.2) is 9.18 Å². The number of hydrogen-bond donors (Lipinski definition) is 1. The topological polar surface area (TPSA) is 125 Å². The summed E-state index contributed by atoms with van der Waals surface area (Å²) in [5.74, 6) is -0.602. The number of carbonyl (C=O) groups excluding carboxylic acids is 1. The largest absolute Gasteiger partial charge is 0.352 e. The van der Waals surface area contributed by atoms with E-state index in [4.69, 9.17) is 16.1 Å². The lowest BCUT2D eigenvalue weighted by molar-refractivity contribution is -0.121. The van der Waals surface area contributed by atoms with Gasteiger partial charge in [0.1, 0.15) is 5.82 Å². The summed E-state index contributed by atoms with van der Waals surface area (Å²) in [6.07, 6.45) is 0.179. The number of carbonyl (C=O) groups is 1. The molecular formula is C22H18ClFN6O4. The molecule has 0 saturated carbocycles. The fourth-order valence-corrected chi connectivity index (χ4v) is 3.15. The SMILES string of the molecule is Cn1c(=O)c(-c2noc(CCC(=O)NCc3ccc(F)cc3)n2)nn(-c2ccc(Cl)cc2)c1=O. The standard InChI is InChI=1S/C22H18ClFN6O4/c1-29-21(32)19(27-30(22(29)33)16-8-4-14(23)5-9-16)20-26-18(34-28-20)11-10-17(31)25-12-13-2-6-15(24)7-3-13/h2-9H,10-12H2,1H3,(H,25,31). The zero-order chi connectivity index (χ0) is 24.2. The van der Waals surface area contributed by atoms with Gasteiger partial charge in [0.25, 0.3) is 5.56 Å². The lowest BCUT2D eigenvalue weighted by atomic mass is 10.2. The number of rotatable bonds is 7. The Bertz CT molecular complexity index is 1440. The van der Waals surface area contributed by atoms with Crippen LogP contribution in [0.1, 0.15) is 17.9 Å². The average Bonchev–Trinajstić information content (AvgIpc) is 3.30. The molecule has 0 fully saturated rings. The van der Waals surface area contributed by atoms with E-state index in [1.807, 2.05) is 0 Å². The summed E-state index contributed by atoms with van der Waals surface area (Å²) in [7, 11) is 1.31. The highest BCUT2D eigenvalue weighted by atomic mass is 35.5. The van der Waals surface area contributed by atoms with Crippen molar-refractivity contribution in [2.24, 2.45) is 7.05 Å². The molecule has 0 aliphatic rings. The van der Waals surface area contributed by atoms with E-state index in [0.29, 0.717) is 10.7 Å². The van der Waals surface area contributed by atoms with Crippen molar-refractivity contribution in [2.75, 3.05) is 0 Å². The predicted octanol–water partition coefficient (Wildman–Crippen LogP) is 2.02. The molecule has 1 amide bonds. The lowest BCUT2D eigenvalue weighted by Gasteiger charge is -2.07. The van der Waals surface area contributed by atoms with E-state index in [9.17, 15) is 18.8 Å². The average molecular weight is 485 g/mol. The van der Waals surface area contributed by atoms with Gasteiger partial charge in [-0.15, -0.1) is 0 Å². The fourth-order valence-electron chi connectivity index (χ4n) is 3.03. The molecule has 34 heavy (non-hydrogen) atoms. The molecule has 2 aromatic carbocycles. The number of aryl methyl sites for hydroxylation is 1. The Labute approximate surface area is 196 Å². The highest BCUT2D eigenvalue weighted by molar-refractivity contribution is 6.30. The zero-order valence-corrected chi connectivity index (χ0v) is 18.6. The van der Waals surface area contributed by atoms with E-state index < -0.39 is 11.2 Å². The highest BCUT2D eigenvalue weighted by Gasteiger charge is 2.19. The zero-order valence-electron chi connectivity index (χ0n) is 17.9. The Morgan fingerprint density at radius 2 is 1.82 bits per heavy atom. The molecule has 4 rings (SSSR count). The Hall–Kier alpha value is -4.12. The minimum absolute atomic E-state index is 0.0541. The summed E-state index contributed by atoms with van der Waals surface area (Å²) in [6.45, 7) is 0.250. The summed E-state index contributed by atoms with van der Waals surface area (Å²) in [5, 5.41) is 11.1. The molecule has 2 aromatic heterocycles. The molecule has 2 heterocycles. The van der Waals surface area contributed by atoms with Crippen molar-refractivity contribution in [3.63, 3.8) is 0 Å². The highest BCUT2D eigenvalue weighted by Crippen LogP contribution is 2.13. The van der Waals surface area contributed by atoms with Crippen LogP contribution in [0.25, 0.3) is 17.2 Å². The van der Waals surface area contributed by atoms with Crippen LogP contribution in [0.3, 0.4) is 0 Å². The summed E-state index contributed by atoms with van der Waals surface area (Å²) in [6, 6.07) is 12.1. The van der Waals surface area contributed by atoms with E-state index >= 15 is 0 Å². The Morgan fingerprint density at radius 3 is 2.53 bits per heavy atom. The second kappa shape index (κ2) is 9.79. The van der Waals surface area contributed by atoms with Crippen molar-refractivity contribution >= 4 is 17.5 Å². The molecular weight excluding hydrogens is 467 g/mol. The fraction of sp³-hybridized carbons (Fsp3) is 0.182. The van der Waals surface area contributed by atoms with Gasteiger partial charge < -0.3 is 9.84 Å². The van der Waals surface area contributed by atoms with E-state index in [-0.39, 0.29) is 48.5 Å². The van der Waals surface area contributed by atoms with Gasteiger partial charge in [-0.1, -0.05) is 28.9 Å². The van der Waals surface area contributed by atoms with E-state index in [1.54, 1.807) is 36.4 Å². The molecule has 0 saturated heterocycles. The lowest BCUT2D eigenvalue weighted by Crippen LogP contribution is -2.40. The van der Waals surface area contributed by atoms with E-state index in [2.05, 4.69) is 20.6 Å². The van der Waals surface area contributed by atoms with Gasteiger partial charge in [-0.3, -0.25) is 14.2 Å². The maximum absolute atomic E-state index is 13.0. The molecule has 0 bridgehead atoms. The van der Waals surface area contributed by atoms with Crippen LogP contribution in [0.5, 0.6) is 0 Å². The van der Waals surface area contributed by atoms with Crippen molar-refractivity contribution < 1.29 is 13.7 Å². The second-order valence-electron chi connectivity index (χ2n) is 7.30. The van der Waals surface area contributed by atoms with Gasteiger partial charge in [-0.2, -0.15) is 14.8 Å². The third-order valence-electron chi connectivity index (χ3n) is 4.90. The van der Waals surface area contributed by atoms with Crippen molar-refractivity contribution in [2.45, 2.75) is 19.4 Å². The number of benzene rings is 2. The first-order valence-electron chi connectivity index (χ1n) is 10.1. The van der Waals surface area contributed by atoms with Gasteiger partial charge in [0.05, 0.1) is 5.69 Å². The molecule has 0 atom stereocenters. The molecule has 1 N–H and O–H groups in total. The van der Waals surface area contributed by atoms with Crippen molar-refractivity contribution in [3.8, 4) is 17.2 Å². The maximum Gasteiger partial charge on any atom is 0.351 e. The predicted molar refractivity (Wildman–Crippen MR) is 120 cm³/mol. The van der Waals surface area contributed by atoms with Crippen molar-refractivity contribution in [1.29, 1.82) is 0 Å². The Balaban J connectivity index is 1.47. The third kappa shape index (κ3) is 5.09. The summed E-state index contributed by atoms with van der Waals surface area (Å²) < 4.78 is 20.0. The van der Waals surface area contributed by atoms with Crippen LogP contribution in [-0.4, -0.2) is 30.4 Å². The van der Waals surface area contributed by atoms with Gasteiger partial charge in [0.2, 0.25) is 17.6 Å². The first-order valence-corrected chi connectivity index (χ1v) is 10.5.